The van der Waals surface area contributed by atoms with Crippen molar-refractivity contribution in [1.29, 1.82) is 0 Å². The monoisotopic (exact) mass is 521 g/mol. The molecule has 0 aliphatic carbocycles. The number of nitrogens with zero attached hydrogens (tertiary/aromatic N) is 1. The quantitative estimate of drug-likeness (QED) is 0.343. The number of aryl methyl sites for hydroxylation is 1. The summed E-state index contributed by atoms with van der Waals surface area (Å²) >= 11 is 4.37. The van der Waals surface area contributed by atoms with Crippen LogP contribution in [-0.4, -0.2) is 52.3 Å². The van der Waals surface area contributed by atoms with Gasteiger partial charge in [-0.3, -0.25) is 9.59 Å². The van der Waals surface area contributed by atoms with Crippen molar-refractivity contribution >= 4 is 30.5 Å². The van der Waals surface area contributed by atoms with Crippen molar-refractivity contribution in [2.75, 3.05) is 5.75 Å². The van der Waals surface area contributed by atoms with Crippen LogP contribution in [0.4, 0.5) is 4.79 Å². The number of ether oxygens (including phenoxy) is 1. The van der Waals surface area contributed by atoms with Gasteiger partial charge in [0.15, 0.2) is 0 Å². The molecule has 0 aromatic heterocycles. The highest BCUT2D eigenvalue weighted by molar-refractivity contribution is 7.80. The topological polar surface area (TPSA) is 87.7 Å². The minimum Gasteiger partial charge on any atom is -0.444 e. The number of rotatable bonds is 11. The second-order valence-electron chi connectivity index (χ2n) is 11.3. The Balaban J connectivity index is 3.60. The first-order valence-corrected chi connectivity index (χ1v) is 13.5. The van der Waals surface area contributed by atoms with Crippen molar-refractivity contribution in [2.45, 2.75) is 112 Å². The molecular weight excluding hydrogens is 474 g/mol. The molecule has 0 radical (unpaired) electrons. The molecule has 1 aromatic carbocycles. The zero-order valence-corrected chi connectivity index (χ0v) is 24.7. The lowest BCUT2D eigenvalue weighted by Gasteiger charge is -2.39. The van der Waals surface area contributed by atoms with Crippen molar-refractivity contribution in [3.05, 3.63) is 34.9 Å². The number of carbonyl (C=O) groups excluding carboxylic acids is 3. The third kappa shape index (κ3) is 9.68. The van der Waals surface area contributed by atoms with Gasteiger partial charge in [-0.25, -0.2) is 4.79 Å². The third-order valence-electron chi connectivity index (χ3n) is 5.96. The van der Waals surface area contributed by atoms with Crippen LogP contribution in [0.25, 0.3) is 0 Å². The number of hydrogen-bond donors (Lipinski definition) is 3. The zero-order chi connectivity index (χ0) is 27.8. The number of thiol groups is 1. The van der Waals surface area contributed by atoms with E-state index in [-0.39, 0.29) is 29.7 Å². The minimum absolute atomic E-state index is 0.0663. The Labute approximate surface area is 223 Å². The van der Waals surface area contributed by atoms with Crippen molar-refractivity contribution in [3.8, 4) is 0 Å². The summed E-state index contributed by atoms with van der Waals surface area (Å²) in [5, 5.41) is 5.68. The molecule has 3 atom stereocenters. The van der Waals surface area contributed by atoms with E-state index in [4.69, 9.17) is 4.74 Å². The van der Waals surface area contributed by atoms with Crippen LogP contribution in [0, 0.1) is 19.8 Å². The summed E-state index contributed by atoms with van der Waals surface area (Å²) in [5.74, 6) is -0.110. The van der Waals surface area contributed by atoms with Crippen molar-refractivity contribution in [2.24, 2.45) is 5.92 Å². The summed E-state index contributed by atoms with van der Waals surface area (Å²) in [4.78, 5) is 42.0. The maximum Gasteiger partial charge on any atom is 0.408 e. The standard InChI is InChI=1S/C28H47N3O4S/c1-17(2)14-15-20(6)31(26(33)23(16-36)30-27(34)35-28(8,9)10)24(25(32)29-18(3)4)22-13-11-12-19(5)21(22)7/h11-13,17-18,20,23-24,36H,14-16H2,1-10H3,(H,29,32)(H,30,34). The lowest BCUT2D eigenvalue weighted by Crippen LogP contribution is -2.56. The van der Waals surface area contributed by atoms with Crippen molar-refractivity contribution < 1.29 is 19.1 Å². The highest BCUT2D eigenvalue weighted by atomic mass is 32.1. The van der Waals surface area contributed by atoms with Crippen LogP contribution in [0.1, 0.15) is 91.0 Å². The fourth-order valence-electron chi connectivity index (χ4n) is 3.98. The van der Waals surface area contributed by atoms with Crippen molar-refractivity contribution in [1.82, 2.24) is 15.5 Å². The zero-order valence-electron chi connectivity index (χ0n) is 23.8. The maximum absolute atomic E-state index is 14.1. The summed E-state index contributed by atoms with van der Waals surface area (Å²) < 4.78 is 5.39. The number of carbonyl (C=O) groups is 3. The molecule has 1 aromatic rings. The second kappa shape index (κ2) is 13.9. The molecular formula is C28H47N3O4S. The van der Waals surface area contributed by atoms with E-state index in [9.17, 15) is 14.4 Å². The van der Waals surface area contributed by atoms with E-state index in [0.29, 0.717) is 12.3 Å². The normalized spacial score (nSPS) is 14.2. The molecule has 0 bridgehead atoms. The van der Waals surface area contributed by atoms with E-state index < -0.39 is 23.8 Å². The fraction of sp³-hybridized carbons (Fsp3) is 0.679. The summed E-state index contributed by atoms with van der Waals surface area (Å²) in [6.45, 7) is 19.3. The molecule has 8 heteroatoms. The van der Waals surface area contributed by atoms with Crippen molar-refractivity contribution in [3.63, 3.8) is 0 Å². The summed E-state index contributed by atoms with van der Waals surface area (Å²) in [7, 11) is 0. The first-order valence-electron chi connectivity index (χ1n) is 12.9. The Morgan fingerprint density at radius 2 is 1.61 bits per heavy atom. The minimum atomic E-state index is -0.954. The van der Waals surface area contributed by atoms with Gasteiger partial charge < -0.3 is 20.3 Å². The van der Waals surface area contributed by atoms with E-state index in [1.807, 2.05) is 52.8 Å². The number of hydrogen-bond acceptors (Lipinski definition) is 5. The average molecular weight is 522 g/mol. The first kappa shape index (κ1) is 31.8. The molecule has 3 amide bonds. The lowest BCUT2D eigenvalue weighted by atomic mass is 9.92. The predicted molar refractivity (Wildman–Crippen MR) is 149 cm³/mol. The lowest BCUT2D eigenvalue weighted by molar-refractivity contribution is -0.145. The van der Waals surface area contributed by atoms with Gasteiger partial charge in [-0.2, -0.15) is 12.6 Å². The molecule has 0 saturated carbocycles. The van der Waals surface area contributed by atoms with Crippen LogP contribution in [-0.2, 0) is 14.3 Å². The van der Waals surface area contributed by atoms with Gasteiger partial charge in [-0.1, -0.05) is 32.0 Å². The fourth-order valence-corrected chi connectivity index (χ4v) is 4.23. The number of nitrogens with one attached hydrogen (secondary N) is 2. The first-order chi connectivity index (χ1) is 16.6. The molecule has 2 N–H and O–H groups in total. The van der Waals surface area contributed by atoms with Gasteiger partial charge in [0.2, 0.25) is 11.8 Å². The second-order valence-corrected chi connectivity index (χ2v) is 11.7. The molecule has 0 fully saturated rings. The van der Waals surface area contributed by atoms with Gasteiger partial charge in [0.1, 0.15) is 17.7 Å². The van der Waals surface area contributed by atoms with E-state index in [2.05, 4.69) is 37.1 Å². The van der Waals surface area contributed by atoms with Crippen LogP contribution >= 0.6 is 12.6 Å². The highest BCUT2D eigenvalue weighted by Gasteiger charge is 2.39. The van der Waals surface area contributed by atoms with Gasteiger partial charge in [0.05, 0.1) is 0 Å². The van der Waals surface area contributed by atoms with Crippen LogP contribution in [0.5, 0.6) is 0 Å². The summed E-state index contributed by atoms with van der Waals surface area (Å²) in [6, 6.07) is 3.63. The van der Waals surface area contributed by atoms with Gasteiger partial charge in [0, 0.05) is 17.8 Å². The number of alkyl carbamates (subject to hydrolysis) is 1. The van der Waals surface area contributed by atoms with E-state index in [0.717, 1.165) is 23.1 Å². The Hall–Kier alpha value is -2.22. The van der Waals surface area contributed by atoms with Gasteiger partial charge in [-0.15, -0.1) is 0 Å². The molecule has 0 aliphatic rings. The van der Waals surface area contributed by atoms with E-state index in [1.165, 1.54) is 0 Å². The molecule has 0 heterocycles. The molecule has 0 spiro atoms. The van der Waals surface area contributed by atoms with Crippen LogP contribution < -0.4 is 10.6 Å². The smallest absolute Gasteiger partial charge is 0.408 e. The molecule has 7 nitrogen and oxygen atoms in total. The summed E-state index contributed by atoms with van der Waals surface area (Å²) in [6.07, 6.45) is 0.909. The largest absolute Gasteiger partial charge is 0.444 e. The molecule has 1 rings (SSSR count). The van der Waals surface area contributed by atoms with E-state index >= 15 is 0 Å². The highest BCUT2D eigenvalue weighted by Crippen LogP contribution is 2.31. The molecule has 204 valence electrons. The van der Waals surface area contributed by atoms with Gasteiger partial charge >= 0.3 is 6.09 Å². The molecule has 36 heavy (non-hydrogen) atoms. The number of amides is 3. The predicted octanol–water partition coefficient (Wildman–Crippen LogP) is 5.35. The Kier molecular flexibility index (Phi) is 12.3. The molecule has 3 unspecified atom stereocenters. The third-order valence-corrected chi connectivity index (χ3v) is 6.33. The van der Waals surface area contributed by atoms with Gasteiger partial charge in [0.25, 0.3) is 0 Å². The van der Waals surface area contributed by atoms with Crippen LogP contribution in [0.2, 0.25) is 0 Å². The molecule has 0 aliphatic heterocycles. The Bertz CT molecular complexity index is 895. The number of benzene rings is 1. The Morgan fingerprint density at radius 1 is 1.00 bits per heavy atom. The average Bonchev–Trinajstić information content (AvgIpc) is 2.74. The van der Waals surface area contributed by atoms with Gasteiger partial charge in [-0.05, 0) is 90.8 Å². The molecule has 0 saturated heterocycles. The SMILES string of the molecule is Cc1cccc(C(C(=O)NC(C)C)N(C(=O)C(CS)NC(=O)OC(C)(C)C)C(C)CCC(C)C)c1C. The van der Waals surface area contributed by atoms with E-state index in [1.54, 1.807) is 25.7 Å². The van der Waals surface area contributed by atoms with Crippen LogP contribution in [0.3, 0.4) is 0 Å². The maximum atomic E-state index is 14.1. The Morgan fingerprint density at radius 3 is 2.11 bits per heavy atom. The summed E-state index contributed by atoms with van der Waals surface area (Å²) in [5.41, 5.74) is 2.05. The van der Waals surface area contributed by atoms with Crippen LogP contribution in [0.15, 0.2) is 18.2 Å².